The molecular weight excluding hydrogens is 310 g/mol. The first-order valence-corrected chi connectivity index (χ1v) is 5.04. The molecule has 4 heteroatoms. The third kappa shape index (κ3) is 2.88. The van der Waals surface area contributed by atoms with E-state index in [0.29, 0.717) is 14.0 Å². The molecular formula is C8H4Br2ClF. The highest BCUT2D eigenvalue weighted by molar-refractivity contribution is 9.28. The van der Waals surface area contributed by atoms with Crippen LogP contribution in [0.3, 0.4) is 0 Å². The Morgan fingerprint density at radius 3 is 2.67 bits per heavy atom. The number of rotatable bonds is 1. The minimum Gasteiger partial charge on any atom is -0.206 e. The van der Waals surface area contributed by atoms with Gasteiger partial charge in [0.15, 0.2) is 0 Å². The molecule has 0 fully saturated rings. The van der Waals surface area contributed by atoms with E-state index in [0.717, 1.165) is 0 Å². The molecule has 0 nitrogen and oxygen atoms in total. The molecule has 1 aromatic rings. The van der Waals surface area contributed by atoms with E-state index >= 15 is 0 Å². The van der Waals surface area contributed by atoms with Crippen molar-refractivity contribution in [2.24, 2.45) is 0 Å². The van der Waals surface area contributed by atoms with E-state index in [9.17, 15) is 4.39 Å². The molecule has 0 N–H and O–H groups in total. The van der Waals surface area contributed by atoms with E-state index in [-0.39, 0.29) is 5.82 Å². The number of hydrogen-bond acceptors (Lipinski definition) is 0. The molecule has 0 aliphatic carbocycles. The van der Waals surface area contributed by atoms with Crippen LogP contribution in [0.15, 0.2) is 21.6 Å². The zero-order valence-electron chi connectivity index (χ0n) is 5.82. The molecule has 12 heavy (non-hydrogen) atoms. The van der Waals surface area contributed by atoms with Gasteiger partial charge < -0.3 is 0 Å². The summed E-state index contributed by atoms with van der Waals surface area (Å²) < 4.78 is 13.7. The van der Waals surface area contributed by atoms with E-state index in [4.69, 9.17) is 11.6 Å². The van der Waals surface area contributed by atoms with Gasteiger partial charge in [0.05, 0.1) is 3.39 Å². The summed E-state index contributed by atoms with van der Waals surface area (Å²) in [5, 5.41) is 0.518. The van der Waals surface area contributed by atoms with Crippen LogP contribution in [0.25, 0.3) is 6.08 Å². The van der Waals surface area contributed by atoms with Crippen LogP contribution < -0.4 is 0 Å². The first-order valence-electron chi connectivity index (χ1n) is 3.07. The Bertz CT molecular complexity index is 319. The van der Waals surface area contributed by atoms with Gasteiger partial charge in [0.25, 0.3) is 0 Å². The van der Waals surface area contributed by atoms with Crippen molar-refractivity contribution in [3.63, 3.8) is 0 Å². The van der Waals surface area contributed by atoms with Crippen LogP contribution >= 0.6 is 43.5 Å². The van der Waals surface area contributed by atoms with E-state index in [1.165, 1.54) is 12.1 Å². The molecule has 0 spiro atoms. The molecule has 0 atom stereocenters. The average Bonchev–Trinajstić information content (AvgIpc) is 1.96. The Labute approximate surface area is 91.7 Å². The third-order valence-corrected chi connectivity index (χ3v) is 1.92. The Kier molecular flexibility index (Phi) is 3.75. The predicted molar refractivity (Wildman–Crippen MR) is 57.2 cm³/mol. The van der Waals surface area contributed by atoms with Crippen molar-refractivity contribution >= 4 is 49.5 Å². The highest BCUT2D eigenvalue weighted by Gasteiger charge is 1.99. The van der Waals surface area contributed by atoms with Crippen molar-refractivity contribution in [2.75, 3.05) is 0 Å². The lowest BCUT2D eigenvalue weighted by molar-refractivity contribution is 0.625. The van der Waals surface area contributed by atoms with E-state index in [2.05, 4.69) is 31.9 Å². The zero-order valence-corrected chi connectivity index (χ0v) is 9.75. The second-order valence-corrected chi connectivity index (χ2v) is 5.31. The van der Waals surface area contributed by atoms with Gasteiger partial charge in [0.2, 0.25) is 0 Å². The highest BCUT2D eigenvalue weighted by atomic mass is 79.9. The fraction of sp³-hybridized carbons (Fsp3) is 0. The van der Waals surface area contributed by atoms with Gasteiger partial charge in [-0.15, -0.1) is 0 Å². The average molecular weight is 314 g/mol. The van der Waals surface area contributed by atoms with E-state index < -0.39 is 0 Å². The topological polar surface area (TPSA) is 0 Å². The van der Waals surface area contributed by atoms with Gasteiger partial charge >= 0.3 is 0 Å². The summed E-state index contributed by atoms with van der Waals surface area (Å²) in [6.07, 6.45) is 1.60. The Morgan fingerprint density at radius 1 is 1.42 bits per heavy atom. The van der Waals surface area contributed by atoms with Crippen molar-refractivity contribution < 1.29 is 4.39 Å². The minimum atomic E-state index is -0.296. The number of halogens is 4. The Hall–Kier alpha value is 0.140. The van der Waals surface area contributed by atoms with Gasteiger partial charge in [-0.2, -0.15) is 0 Å². The Morgan fingerprint density at radius 2 is 2.08 bits per heavy atom. The van der Waals surface area contributed by atoms with Gasteiger partial charge in [-0.3, -0.25) is 0 Å². The second kappa shape index (κ2) is 4.40. The van der Waals surface area contributed by atoms with Crippen LogP contribution in [-0.2, 0) is 0 Å². The maximum absolute atomic E-state index is 13.0. The van der Waals surface area contributed by atoms with Gasteiger partial charge in [-0.25, -0.2) is 4.39 Å². The van der Waals surface area contributed by atoms with Crippen molar-refractivity contribution in [2.45, 2.75) is 0 Å². The fourth-order valence-electron chi connectivity index (χ4n) is 0.743. The normalized spacial score (nSPS) is 9.67. The molecule has 0 unspecified atom stereocenters. The number of hydrogen-bond donors (Lipinski definition) is 0. The van der Waals surface area contributed by atoms with Gasteiger partial charge in [0, 0.05) is 10.6 Å². The molecule has 1 aromatic carbocycles. The van der Waals surface area contributed by atoms with Crippen LogP contribution in [0, 0.1) is 5.82 Å². The van der Waals surface area contributed by atoms with Crippen LogP contribution in [-0.4, -0.2) is 0 Å². The molecule has 0 aliphatic rings. The van der Waals surface area contributed by atoms with Gasteiger partial charge in [-0.05, 0) is 56.1 Å². The lowest BCUT2D eigenvalue weighted by atomic mass is 10.2. The second-order valence-electron chi connectivity index (χ2n) is 2.10. The quantitative estimate of drug-likeness (QED) is 0.712. The largest absolute Gasteiger partial charge is 0.206 e. The predicted octanol–water partition coefficient (Wildman–Crippen LogP) is 4.57. The molecule has 64 valence electrons. The molecule has 0 heterocycles. The lowest BCUT2D eigenvalue weighted by Gasteiger charge is -1.96. The van der Waals surface area contributed by atoms with Gasteiger partial charge in [-0.1, -0.05) is 11.6 Å². The number of benzene rings is 1. The van der Waals surface area contributed by atoms with Crippen LogP contribution in [0.5, 0.6) is 0 Å². The summed E-state index contributed by atoms with van der Waals surface area (Å²) in [6.45, 7) is 0. The van der Waals surface area contributed by atoms with Crippen LogP contribution in [0.1, 0.15) is 5.56 Å². The van der Waals surface area contributed by atoms with Crippen molar-refractivity contribution in [3.8, 4) is 0 Å². The summed E-state index contributed by atoms with van der Waals surface area (Å²) in [5.74, 6) is -0.296. The van der Waals surface area contributed by atoms with E-state index in [1.54, 1.807) is 12.1 Å². The maximum Gasteiger partial charge on any atom is 0.130 e. The molecule has 0 saturated heterocycles. The molecule has 0 radical (unpaired) electrons. The minimum absolute atomic E-state index is 0.296. The van der Waals surface area contributed by atoms with Gasteiger partial charge in [0.1, 0.15) is 5.82 Å². The van der Waals surface area contributed by atoms with Crippen molar-refractivity contribution in [1.82, 2.24) is 0 Å². The monoisotopic (exact) mass is 312 g/mol. The summed E-state index contributed by atoms with van der Waals surface area (Å²) >= 11 is 11.9. The zero-order chi connectivity index (χ0) is 9.14. The highest BCUT2D eigenvalue weighted by Crippen LogP contribution is 2.22. The molecule has 0 aliphatic heterocycles. The maximum atomic E-state index is 13.0. The van der Waals surface area contributed by atoms with Crippen LogP contribution in [0.4, 0.5) is 4.39 Å². The summed E-state index contributed by atoms with van der Waals surface area (Å²) in [7, 11) is 0. The molecule has 0 amide bonds. The van der Waals surface area contributed by atoms with Crippen molar-refractivity contribution in [1.29, 1.82) is 0 Å². The standard InChI is InChI=1S/C8H4Br2ClF/c9-8(10)4-5-3-6(11)1-2-7(5)12/h1-4H. The molecule has 0 aromatic heterocycles. The smallest absolute Gasteiger partial charge is 0.130 e. The molecule has 1 rings (SSSR count). The van der Waals surface area contributed by atoms with E-state index in [1.807, 2.05) is 0 Å². The lowest BCUT2D eigenvalue weighted by Crippen LogP contribution is -1.80. The Balaban J connectivity index is 3.14. The summed E-state index contributed by atoms with van der Waals surface area (Å²) in [6, 6.07) is 4.40. The fourth-order valence-corrected chi connectivity index (χ4v) is 1.42. The SMILES string of the molecule is Fc1ccc(Cl)cc1C=C(Br)Br. The molecule has 0 saturated carbocycles. The first-order chi connectivity index (χ1) is 5.59. The molecule has 0 bridgehead atoms. The summed E-state index contributed by atoms with van der Waals surface area (Å²) in [5.41, 5.74) is 0.450. The van der Waals surface area contributed by atoms with Crippen molar-refractivity contribution in [3.05, 3.63) is 38.0 Å². The first kappa shape index (κ1) is 10.2. The van der Waals surface area contributed by atoms with Crippen LogP contribution in [0.2, 0.25) is 5.02 Å². The summed E-state index contributed by atoms with van der Waals surface area (Å²) in [4.78, 5) is 0. The third-order valence-electron chi connectivity index (χ3n) is 1.22.